The Kier molecular flexibility index (Phi) is 11.9. The molecule has 1 amide bonds. The number of ether oxygens (including phenoxy) is 6. The maximum Gasteiger partial charge on any atom is 0.410 e. The zero-order valence-corrected chi connectivity index (χ0v) is 34.4. The predicted molar refractivity (Wildman–Crippen MR) is 214 cm³/mol. The first-order valence-electron chi connectivity index (χ1n) is 20.0. The number of terminal acetylenes is 1. The number of fused-ring (bicyclic) bond motifs is 3. The number of aliphatic hydroxyl groups is 2. The van der Waals surface area contributed by atoms with Gasteiger partial charge in [0, 0.05) is 42.0 Å². The second kappa shape index (κ2) is 16.6. The van der Waals surface area contributed by atoms with E-state index in [1.807, 2.05) is 25.7 Å². The van der Waals surface area contributed by atoms with Crippen molar-refractivity contribution >= 4 is 27.8 Å². The van der Waals surface area contributed by atoms with Crippen LogP contribution in [0.5, 0.6) is 17.6 Å². The number of piperidine rings is 1. The lowest BCUT2D eigenvalue weighted by Gasteiger charge is -2.46. The Balaban J connectivity index is 1.41. The summed E-state index contributed by atoms with van der Waals surface area (Å²) in [6.07, 6.45) is 9.12. The van der Waals surface area contributed by atoms with Crippen molar-refractivity contribution in [1.29, 1.82) is 0 Å². The zero-order valence-electron chi connectivity index (χ0n) is 34.4. The van der Waals surface area contributed by atoms with Crippen molar-refractivity contribution in [3.8, 4) is 41.2 Å². The first kappa shape index (κ1) is 42.3. The van der Waals surface area contributed by atoms with Crippen LogP contribution in [-0.2, 0) is 14.2 Å². The normalized spacial score (nSPS) is 24.7. The Morgan fingerprint density at radius 1 is 1.10 bits per heavy atom. The molecule has 7 rings (SSSR count). The van der Waals surface area contributed by atoms with Gasteiger partial charge in [-0.25, -0.2) is 18.6 Å². The van der Waals surface area contributed by atoms with Crippen LogP contribution < -0.4 is 14.2 Å². The lowest BCUT2D eigenvalue weighted by Crippen LogP contribution is -2.55. The topological polar surface area (TPSA) is 155 Å². The summed E-state index contributed by atoms with van der Waals surface area (Å²) in [5.74, 6) is 0.460. The summed E-state index contributed by atoms with van der Waals surface area (Å²) < 4.78 is 67.9. The number of likely N-dealkylation sites (tertiary alicyclic amines) is 1. The fraction of sp³-hybridized carbons (Fsp3) is 0.545. The van der Waals surface area contributed by atoms with Gasteiger partial charge in [0.15, 0.2) is 12.6 Å². The SMILES string of the molecule is C#Cc1c(F)ccc2cc(OCOC)cc(-c3nc(OC)c4c(C5C[C@H](CO)OC[C@@](C)(O)C5)nc(OC[C@]56CCC[C@H]5N(C(=O)OC(C)(C)C)CCC6)nc4c3F)c12. The molecule has 2 saturated heterocycles. The number of pyridine rings is 1. The van der Waals surface area contributed by atoms with Crippen molar-refractivity contribution in [3.63, 3.8) is 0 Å². The summed E-state index contributed by atoms with van der Waals surface area (Å²) >= 11 is 0. The van der Waals surface area contributed by atoms with Gasteiger partial charge < -0.3 is 43.5 Å². The maximum absolute atomic E-state index is 17.7. The lowest BCUT2D eigenvalue weighted by atomic mass is 9.75. The van der Waals surface area contributed by atoms with Gasteiger partial charge in [0.25, 0.3) is 0 Å². The van der Waals surface area contributed by atoms with E-state index in [2.05, 4.69) is 10.9 Å². The van der Waals surface area contributed by atoms with E-state index in [4.69, 9.17) is 44.8 Å². The molecule has 2 aromatic carbocycles. The molecule has 4 aromatic rings. The third kappa shape index (κ3) is 8.46. The van der Waals surface area contributed by atoms with E-state index in [0.717, 1.165) is 32.1 Å². The average molecular weight is 819 g/mol. The summed E-state index contributed by atoms with van der Waals surface area (Å²) in [4.78, 5) is 29.5. The molecule has 1 aliphatic carbocycles. The first-order chi connectivity index (χ1) is 28.1. The average Bonchev–Trinajstić information content (AvgIpc) is 3.57. The summed E-state index contributed by atoms with van der Waals surface area (Å²) in [6.45, 7) is 7.35. The van der Waals surface area contributed by atoms with Crippen LogP contribution in [0.25, 0.3) is 32.9 Å². The van der Waals surface area contributed by atoms with Gasteiger partial charge in [0.2, 0.25) is 5.88 Å². The molecule has 2 aliphatic heterocycles. The van der Waals surface area contributed by atoms with E-state index in [0.29, 0.717) is 11.9 Å². The van der Waals surface area contributed by atoms with Crippen LogP contribution in [0.2, 0.25) is 0 Å². The molecule has 3 fully saturated rings. The monoisotopic (exact) mass is 818 g/mol. The minimum Gasteiger partial charge on any atom is -0.480 e. The molecule has 2 aromatic heterocycles. The zero-order chi connectivity index (χ0) is 42.3. The number of aliphatic hydroxyl groups excluding tert-OH is 1. The second-order valence-electron chi connectivity index (χ2n) is 17.2. The van der Waals surface area contributed by atoms with E-state index in [1.54, 1.807) is 13.0 Å². The van der Waals surface area contributed by atoms with Crippen molar-refractivity contribution in [1.82, 2.24) is 19.9 Å². The van der Waals surface area contributed by atoms with Gasteiger partial charge in [-0.3, -0.25) is 0 Å². The van der Waals surface area contributed by atoms with E-state index in [9.17, 15) is 15.0 Å². The number of carbonyl (C=O) groups excluding carboxylic acids is 1. The molecule has 0 radical (unpaired) electrons. The highest BCUT2D eigenvalue weighted by molar-refractivity contribution is 6.03. The Labute approximate surface area is 342 Å². The van der Waals surface area contributed by atoms with Gasteiger partial charge in [-0.1, -0.05) is 18.4 Å². The molecule has 1 saturated carbocycles. The number of amides is 1. The Morgan fingerprint density at radius 2 is 1.88 bits per heavy atom. The summed E-state index contributed by atoms with van der Waals surface area (Å²) in [6, 6.07) is 5.60. The highest BCUT2D eigenvalue weighted by atomic mass is 19.1. The Bertz CT molecular complexity index is 2280. The molecular weight excluding hydrogens is 766 g/mol. The van der Waals surface area contributed by atoms with Gasteiger partial charge in [0.05, 0.1) is 55.3 Å². The minimum atomic E-state index is -1.34. The van der Waals surface area contributed by atoms with E-state index in [1.165, 1.54) is 32.4 Å². The summed E-state index contributed by atoms with van der Waals surface area (Å²) in [5, 5.41) is 22.4. The molecule has 1 unspecified atom stereocenters. The van der Waals surface area contributed by atoms with Crippen LogP contribution >= 0.6 is 0 Å². The number of nitrogens with zero attached hydrogens (tertiary/aromatic N) is 4. The Hall–Kier alpha value is -4.88. The van der Waals surface area contributed by atoms with Crippen LogP contribution in [0.4, 0.5) is 13.6 Å². The van der Waals surface area contributed by atoms with Crippen molar-refractivity contribution in [2.24, 2.45) is 5.41 Å². The second-order valence-corrected chi connectivity index (χ2v) is 17.2. The minimum absolute atomic E-state index is 0.0460. The molecule has 3 aliphatic rings. The van der Waals surface area contributed by atoms with Gasteiger partial charge >= 0.3 is 12.1 Å². The number of carbonyl (C=O) groups is 1. The van der Waals surface area contributed by atoms with Crippen molar-refractivity contribution in [2.75, 3.05) is 47.4 Å². The molecule has 0 spiro atoms. The number of halogens is 2. The fourth-order valence-electron chi connectivity index (χ4n) is 9.12. The van der Waals surface area contributed by atoms with Crippen molar-refractivity contribution in [2.45, 2.75) is 102 Å². The van der Waals surface area contributed by atoms with Crippen molar-refractivity contribution in [3.05, 3.63) is 47.2 Å². The van der Waals surface area contributed by atoms with E-state index in [-0.39, 0.29) is 108 Å². The number of aromatic nitrogens is 3. The van der Waals surface area contributed by atoms with E-state index < -0.39 is 40.3 Å². The molecule has 5 atom stereocenters. The molecule has 316 valence electrons. The highest BCUT2D eigenvalue weighted by Gasteiger charge is 2.51. The lowest BCUT2D eigenvalue weighted by molar-refractivity contribution is -0.0614. The molecule has 4 heterocycles. The molecule has 0 bridgehead atoms. The number of benzene rings is 2. The van der Waals surface area contributed by atoms with Crippen LogP contribution in [0.15, 0.2) is 24.3 Å². The van der Waals surface area contributed by atoms with Crippen LogP contribution in [0.3, 0.4) is 0 Å². The quantitative estimate of drug-likeness (QED) is 0.125. The van der Waals surface area contributed by atoms with Crippen molar-refractivity contribution < 1.29 is 52.2 Å². The smallest absolute Gasteiger partial charge is 0.410 e. The predicted octanol–water partition coefficient (Wildman–Crippen LogP) is 7.05. The fourth-order valence-corrected chi connectivity index (χ4v) is 9.12. The van der Waals surface area contributed by atoms with Gasteiger partial charge in [-0.2, -0.15) is 9.97 Å². The van der Waals surface area contributed by atoms with Gasteiger partial charge in [0.1, 0.15) is 28.4 Å². The first-order valence-corrected chi connectivity index (χ1v) is 20.0. The summed E-state index contributed by atoms with van der Waals surface area (Å²) in [5.41, 5.74) is -2.60. The highest BCUT2D eigenvalue weighted by Crippen LogP contribution is 2.49. The number of rotatable bonds is 10. The number of methoxy groups -OCH3 is 2. The largest absolute Gasteiger partial charge is 0.480 e. The third-order valence-corrected chi connectivity index (χ3v) is 11.6. The van der Waals surface area contributed by atoms with Crippen LogP contribution in [0, 0.1) is 29.4 Å². The molecule has 2 N–H and O–H groups in total. The van der Waals surface area contributed by atoms with Crippen LogP contribution in [0.1, 0.15) is 89.8 Å². The summed E-state index contributed by atoms with van der Waals surface area (Å²) in [7, 11) is 2.84. The number of hydrogen-bond acceptors (Lipinski definition) is 12. The standard InChI is InChI=1S/C44H52F2N4O9/c1-8-29-31(45)13-12-25-17-27(58-24-54-6)19-30(33(25)29)37-35(46)38-34(39(47-37)55-7)36(26-18-28(21-51)56-22-43(5,53)20-26)48-40(49-38)57-23-44-14-9-11-32(44)50(16-10-15-44)41(52)59-42(2,3)4/h1,12-13,17,19,26,28,32,51,53H,9-11,14-16,18,20-24H2,2-7H3/t26?,28-,32-,43+,44-/m1/s1. The molecule has 15 heteroatoms. The van der Waals surface area contributed by atoms with Gasteiger partial charge in [-0.05, 0) is 89.8 Å². The molecule has 59 heavy (non-hydrogen) atoms. The van der Waals surface area contributed by atoms with E-state index >= 15 is 8.78 Å². The third-order valence-electron chi connectivity index (χ3n) is 11.6. The van der Waals surface area contributed by atoms with Crippen LogP contribution in [-0.4, -0.2) is 107 Å². The molecule has 13 nitrogen and oxygen atoms in total. The molecular formula is C44H52F2N4O9. The number of hydrogen-bond donors (Lipinski definition) is 2. The van der Waals surface area contributed by atoms with Gasteiger partial charge in [-0.15, -0.1) is 6.42 Å². The maximum atomic E-state index is 17.7. The Morgan fingerprint density at radius 3 is 2.59 bits per heavy atom.